The van der Waals surface area contributed by atoms with E-state index in [4.69, 9.17) is 5.11 Å². The summed E-state index contributed by atoms with van der Waals surface area (Å²) in [4.78, 5) is 8.82. The van der Waals surface area contributed by atoms with Gasteiger partial charge in [-0.2, -0.15) is 0 Å². The Bertz CT molecular complexity index is 83.9. The topological polar surface area (TPSA) is 86.4 Å². The maximum absolute atomic E-state index is 9.70. The summed E-state index contributed by atoms with van der Waals surface area (Å²) in [5.41, 5.74) is 0. The molecule has 6 heteroatoms. The van der Waals surface area contributed by atoms with E-state index in [0.29, 0.717) is 0 Å². The van der Waals surface area contributed by atoms with E-state index in [2.05, 4.69) is 0 Å². The molecule has 0 aliphatic heterocycles. The molecule has 0 amide bonds. The first-order chi connectivity index (χ1) is 3.72. The Balaban J connectivity index is 0. The van der Waals surface area contributed by atoms with Gasteiger partial charge in [-0.25, -0.2) is 0 Å². The van der Waals surface area contributed by atoms with Gasteiger partial charge in [0.1, 0.15) is 6.61 Å². The molecule has 48 valence electrons. The van der Waals surface area contributed by atoms with Crippen LogP contribution >= 0.6 is 0 Å². The number of hydrogen-bond donors (Lipinski definition) is 1. The Morgan fingerprint density at radius 2 is 2.11 bits per heavy atom. The summed E-state index contributed by atoms with van der Waals surface area (Å²) in [5, 5.41) is 27.4. The molecule has 0 aromatic carbocycles. The standard InChI is InChI=1S/C3H6NO4.Na/c5-1-3(2-6)4(7)8;/h3,5H,1-2H2;/q-1;+1. The van der Waals surface area contributed by atoms with Crippen LogP contribution in [0.4, 0.5) is 0 Å². The third-order valence-corrected chi connectivity index (χ3v) is 0.701. The number of aliphatic hydroxyl groups excluding tert-OH is 1. The summed E-state index contributed by atoms with van der Waals surface area (Å²) in [7, 11) is 0. The number of nitro groups is 1. The van der Waals surface area contributed by atoms with Crippen molar-refractivity contribution in [3.8, 4) is 0 Å². The third kappa shape index (κ3) is 4.80. The molecule has 0 rings (SSSR count). The molecule has 1 atom stereocenters. The van der Waals surface area contributed by atoms with Crippen molar-refractivity contribution in [2.24, 2.45) is 0 Å². The van der Waals surface area contributed by atoms with Crippen LogP contribution in [0.2, 0.25) is 0 Å². The molecule has 0 aromatic heterocycles. The van der Waals surface area contributed by atoms with Gasteiger partial charge in [0.05, 0.1) is 0 Å². The second kappa shape index (κ2) is 6.44. The van der Waals surface area contributed by atoms with Crippen molar-refractivity contribution in [1.29, 1.82) is 0 Å². The maximum atomic E-state index is 9.70. The SMILES string of the molecule is O=[N+]([O-])C(C[O-])CO.[Na+]. The Hall–Kier alpha value is 0.320. The fourth-order valence-electron chi connectivity index (χ4n) is 0.180. The van der Waals surface area contributed by atoms with Gasteiger partial charge in [-0.15, -0.1) is 0 Å². The van der Waals surface area contributed by atoms with Gasteiger partial charge in [-0.1, -0.05) is 6.61 Å². The van der Waals surface area contributed by atoms with Crippen LogP contribution in [0.5, 0.6) is 0 Å². The first-order valence-electron chi connectivity index (χ1n) is 2.04. The molecule has 0 aliphatic carbocycles. The van der Waals surface area contributed by atoms with Crippen LogP contribution in [-0.2, 0) is 0 Å². The second-order valence-corrected chi connectivity index (χ2v) is 1.29. The van der Waals surface area contributed by atoms with E-state index in [9.17, 15) is 15.2 Å². The van der Waals surface area contributed by atoms with Crippen molar-refractivity contribution in [2.75, 3.05) is 13.2 Å². The molecule has 0 saturated heterocycles. The van der Waals surface area contributed by atoms with Crippen molar-refractivity contribution < 1.29 is 44.7 Å². The number of aliphatic hydroxyl groups is 1. The van der Waals surface area contributed by atoms with E-state index in [1.807, 2.05) is 0 Å². The Morgan fingerprint density at radius 1 is 1.67 bits per heavy atom. The minimum atomic E-state index is -1.32. The minimum Gasteiger partial charge on any atom is -0.850 e. The predicted molar refractivity (Wildman–Crippen MR) is 22.7 cm³/mol. The molecule has 0 radical (unpaired) electrons. The minimum absolute atomic E-state index is 0. The van der Waals surface area contributed by atoms with E-state index in [1.54, 1.807) is 0 Å². The molecule has 1 N–H and O–H groups in total. The normalized spacial score (nSPS) is 11.8. The van der Waals surface area contributed by atoms with Gasteiger partial charge in [0.25, 0.3) is 0 Å². The van der Waals surface area contributed by atoms with E-state index >= 15 is 0 Å². The summed E-state index contributed by atoms with van der Waals surface area (Å²) in [5.74, 6) is 0. The Labute approximate surface area is 74.1 Å². The number of rotatable bonds is 3. The largest absolute Gasteiger partial charge is 1.00 e. The first-order valence-corrected chi connectivity index (χ1v) is 2.04. The van der Waals surface area contributed by atoms with E-state index in [0.717, 1.165) is 0 Å². The van der Waals surface area contributed by atoms with Gasteiger partial charge < -0.3 is 10.2 Å². The summed E-state index contributed by atoms with van der Waals surface area (Å²) >= 11 is 0. The monoisotopic (exact) mass is 143 g/mol. The summed E-state index contributed by atoms with van der Waals surface area (Å²) < 4.78 is 0. The molecular weight excluding hydrogens is 137 g/mol. The van der Waals surface area contributed by atoms with Crippen LogP contribution in [0.1, 0.15) is 0 Å². The second-order valence-electron chi connectivity index (χ2n) is 1.29. The van der Waals surface area contributed by atoms with Gasteiger partial charge in [0.15, 0.2) is 0 Å². The van der Waals surface area contributed by atoms with E-state index in [-0.39, 0.29) is 29.6 Å². The van der Waals surface area contributed by atoms with E-state index < -0.39 is 24.2 Å². The molecule has 0 aliphatic rings. The smallest absolute Gasteiger partial charge is 0.850 e. The Kier molecular flexibility index (Phi) is 8.62. The average Bonchev–Trinajstić information content (AvgIpc) is 1.69. The zero-order valence-electron chi connectivity index (χ0n) is 5.11. The van der Waals surface area contributed by atoms with Crippen LogP contribution < -0.4 is 34.7 Å². The summed E-state index contributed by atoms with van der Waals surface area (Å²) in [6, 6.07) is -1.32. The first kappa shape index (κ1) is 12.0. The molecule has 0 bridgehead atoms. The Morgan fingerprint density at radius 3 is 2.11 bits per heavy atom. The van der Waals surface area contributed by atoms with Crippen LogP contribution in [0.25, 0.3) is 0 Å². The van der Waals surface area contributed by atoms with Gasteiger partial charge in [-0.3, -0.25) is 10.1 Å². The molecule has 0 fully saturated rings. The average molecular weight is 143 g/mol. The molecule has 0 spiro atoms. The predicted octanol–water partition coefficient (Wildman–Crippen LogP) is -5.01. The van der Waals surface area contributed by atoms with Crippen LogP contribution in [0.3, 0.4) is 0 Å². The van der Waals surface area contributed by atoms with Crippen molar-refractivity contribution in [2.45, 2.75) is 6.04 Å². The van der Waals surface area contributed by atoms with Gasteiger partial charge in [-0.05, 0) is 0 Å². The molecule has 1 unspecified atom stereocenters. The fraction of sp³-hybridized carbons (Fsp3) is 1.00. The van der Waals surface area contributed by atoms with Gasteiger partial charge >= 0.3 is 29.6 Å². The fourth-order valence-corrected chi connectivity index (χ4v) is 0.180. The summed E-state index contributed by atoms with van der Waals surface area (Å²) in [6.07, 6.45) is 0. The molecule has 0 aromatic rings. The zero-order valence-corrected chi connectivity index (χ0v) is 7.11. The van der Waals surface area contributed by atoms with Gasteiger partial charge in [0.2, 0.25) is 6.04 Å². The van der Waals surface area contributed by atoms with E-state index in [1.165, 1.54) is 0 Å². The molecule has 9 heavy (non-hydrogen) atoms. The van der Waals surface area contributed by atoms with Crippen LogP contribution in [-0.4, -0.2) is 29.3 Å². The van der Waals surface area contributed by atoms with Crippen molar-refractivity contribution >= 4 is 0 Å². The van der Waals surface area contributed by atoms with Gasteiger partial charge in [0, 0.05) is 4.92 Å². The quantitative estimate of drug-likeness (QED) is 0.243. The summed E-state index contributed by atoms with van der Waals surface area (Å²) in [6.45, 7) is -1.53. The van der Waals surface area contributed by atoms with Crippen LogP contribution in [0, 0.1) is 10.1 Å². The molecule has 5 nitrogen and oxygen atoms in total. The van der Waals surface area contributed by atoms with Crippen LogP contribution in [0.15, 0.2) is 0 Å². The molecule has 0 heterocycles. The van der Waals surface area contributed by atoms with Crippen molar-refractivity contribution in [3.05, 3.63) is 10.1 Å². The third-order valence-electron chi connectivity index (χ3n) is 0.701. The zero-order chi connectivity index (χ0) is 6.57. The number of hydrogen-bond acceptors (Lipinski definition) is 4. The molecule has 0 saturated carbocycles. The van der Waals surface area contributed by atoms with Crippen molar-refractivity contribution in [3.63, 3.8) is 0 Å². The van der Waals surface area contributed by atoms with Crippen molar-refractivity contribution in [1.82, 2.24) is 0 Å². The molecular formula is C3H6NNaO4. The maximum Gasteiger partial charge on any atom is 1.00 e. The number of nitrogens with zero attached hydrogens (tertiary/aromatic N) is 1.